The van der Waals surface area contributed by atoms with Crippen LogP contribution in [-0.2, 0) is 14.8 Å². The number of likely N-dealkylation sites (tertiary alicyclic amines) is 1. The highest BCUT2D eigenvalue weighted by Gasteiger charge is 2.43. The summed E-state index contributed by atoms with van der Waals surface area (Å²) in [5.41, 5.74) is 0.216. The molecule has 0 bridgehead atoms. The van der Waals surface area contributed by atoms with E-state index in [-0.39, 0.29) is 40.4 Å². The standard InChI is InChI=1S/C26H31Cl3N2O4S/c1-19-12-22(6-7-24(19)29)35-18-26(16-25(32)30-9-3-2-4-10-30)8-5-11-31(17-26)36(33,34)23-14-20(27)13-21(28)15-23/h6-7,12-15H,2-5,8-11,16-18H2,1H3. The highest BCUT2D eigenvalue weighted by molar-refractivity contribution is 7.89. The summed E-state index contributed by atoms with van der Waals surface area (Å²) in [6, 6.07) is 9.74. The number of benzene rings is 2. The van der Waals surface area contributed by atoms with Gasteiger partial charge in [-0.1, -0.05) is 34.8 Å². The van der Waals surface area contributed by atoms with Crippen LogP contribution in [0.15, 0.2) is 41.3 Å². The van der Waals surface area contributed by atoms with Crippen molar-refractivity contribution in [2.45, 2.75) is 50.3 Å². The summed E-state index contributed by atoms with van der Waals surface area (Å²) in [6.45, 7) is 4.13. The van der Waals surface area contributed by atoms with Gasteiger partial charge < -0.3 is 9.64 Å². The second kappa shape index (κ2) is 11.5. The number of nitrogens with zero attached hydrogens (tertiary/aromatic N) is 2. The molecule has 2 fully saturated rings. The van der Waals surface area contributed by atoms with Gasteiger partial charge in [0.1, 0.15) is 5.75 Å². The molecule has 0 spiro atoms. The van der Waals surface area contributed by atoms with Crippen molar-refractivity contribution in [3.05, 3.63) is 57.0 Å². The molecule has 2 heterocycles. The Morgan fingerprint density at radius 3 is 2.33 bits per heavy atom. The molecule has 4 rings (SSSR count). The van der Waals surface area contributed by atoms with Crippen LogP contribution in [0.4, 0.5) is 0 Å². The monoisotopic (exact) mass is 572 g/mol. The second-order valence-electron chi connectivity index (χ2n) is 9.87. The van der Waals surface area contributed by atoms with Crippen molar-refractivity contribution in [3.63, 3.8) is 0 Å². The number of hydrogen-bond donors (Lipinski definition) is 0. The van der Waals surface area contributed by atoms with Gasteiger partial charge in [-0.3, -0.25) is 4.79 Å². The molecule has 2 aromatic rings. The molecule has 2 aliphatic rings. The first-order chi connectivity index (χ1) is 17.1. The van der Waals surface area contributed by atoms with Gasteiger partial charge in [0.05, 0.1) is 11.5 Å². The molecule has 1 atom stereocenters. The van der Waals surface area contributed by atoms with Gasteiger partial charge in [-0.2, -0.15) is 4.31 Å². The summed E-state index contributed by atoms with van der Waals surface area (Å²) in [5, 5.41) is 1.16. The fraction of sp³-hybridized carbons (Fsp3) is 0.500. The predicted octanol–water partition coefficient (Wildman–Crippen LogP) is 6.21. The Morgan fingerprint density at radius 2 is 1.67 bits per heavy atom. The van der Waals surface area contributed by atoms with Crippen LogP contribution < -0.4 is 4.74 Å². The number of ether oxygens (including phenoxy) is 1. The Hall–Kier alpha value is -1.51. The van der Waals surface area contributed by atoms with Gasteiger partial charge in [0.15, 0.2) is 0 Å². The maximum atomic E-state index is 13.6. The van der Waals surface area contributed by atoms with Crippen molar-refractivity contribution in [1.82, 2.24) is 9.21 Å². The Morgan fingerprint density at radius 1 is 0.972 bits per heavy atom. The average molecular weight is 574 g/mol. The quantitative estimate of drug-likeness (QED) is 0.395. The fourth-order valence-electron chi connectivity index (χ4n) is 5.03. The van der Waals surface area contributed by atoms with E-state index in [0.717, 1.165) is 37.9 Å². The van der Waals surface area contributed by atoms with Crippen LogP contribution in [0, 0.1) is 12.3 Å². The van der Waals surface area contributed by atoms with Crippen LogP contribution in [0.3, 0.4) is 0 Å². The molecule has 0 N–H and O–H groups in total. The Bertz CT molecular complexity index is 1200. The van der Waals surface area contributed by atoms with Gasteiger partial charge in [0.2, 0.25) is 15.9 Å². The zero-order chi connectivity index (χ0) is 25.9. The van der Waals surface area contributed by atoms with Gasteiger partial charge in [0.25, 0.3) is 0 Å². The molecule has 0 aromatic heterocycles. The van der Waals surface area contributed by atoms with Crippen LogP contribution in [0.1, 0.15) is 44.1 Å². The van der Waals surface area contributed by atoms with Crippen molar-refractivity contribution in [1.29, 1.82) is 0 Å². The number of rotatable bonds is 7. The summed E-state index contributed by atoms with van der Waals surface area (Å²) in [4.78, 5) is 15.3. The second-order valence-corrected chi connectivity index (χ2v) is 13.1. The molecule has 1 unspecified atom stereocenters. The number of aryl methyl sites for hydroxylation is 1. The topological polar surface area (TPSA) is 66.9 Å². The first-order valence-corrected chi connectivity index (χ1v) is 14.8. The lowest BCUT2D eigenvalue weighted by molar-refractivity contribution is -0.136. The van der Waals surface area contributed by atoms with Crippen LogP contribution in [0.25, 0.3) is 0 Å². The lowest BCUT2D eigenvalue weighted by Crippen LogP contribution is -2.51. The summed E-state index contributed by atoms with van der Waals surface area (Å²) in [5.74, 6) is 0.693. The van der Waals surface area contributed by atoms with Gasteiger partial charge in [-0.05, 0) is 81.0 Å². The summed E-state index contributed by atoms with van der Waals surface area (Å²) in [6.07, 6.45) is 4.64. The first-order valence-electron chi connectivity index (χ1n) is 12.2. The van der Waals surface area contributed by atoms with E-state index in [1.807, 2.05) is 17.9 Å². The number of piperidine rings is 2. The number of carbonyl (C=O) groups excluding carboxylic acids is 1. The van der Waals surface area contributed by atoms with Gasteiger partial charge in [0, 0.05) is 53.1 Å². The van der Waals surface area contributed by atoms with Crippen LogP contribution >= 0.6 is 34.8 Å². The van der Waals surface area contributed by atoms with E-state index in [0.29, 0.717) is 30.2 Å². The van der Waals surface area contributed by atoms with Crippen molar-refractivity contribution < 1.29 is 17.9 Å². The molecule has 196 valence electrons. The lowest BCUT2D eigenvalue weighted by Gasteiger charge is -2.42. The molecule has 2 aliphatic heterocycles. The van der Waals surface area contributed by atoms with Gasteiger partial charge in [-0.25, -0.2) is 8.42 Å². The number of sulfonamides is 1. The SMILES string of the molecule is Cc1cc(OCC2(CC(=O)N3CCCCC3)CCCN(S(=O)(=O)c3cc(Cl)cc(Cl)c3)C2)ccc1Cl. The highest BCUT2D eigenvalue weighted by atomic mass is 35.5. The maximum Gasteiger partial charge on any atom is 0.243 e. The minimum Gasteiger partial charge on any atom is -0.493 e. The van der Waals surface area contributed by atoms with Crippen molar-refractivity contribution in [2.75, 3.05) is 32.8 Å². The molecule has 2 saturated heterocycles. The average Bonchev–Trinajstić information content (AvgIpc) is 2.85. The van der Waals surface area contributed by atoms with E-state index in [1.165, 1.54) is 22.5 Å². The number of hydrogen-bond acceptors (Lipinski definition) is 4. The van der Waals surface area contributed by atoms with Crippen molar-refractivity contribution >= 4 is 50.7 Å². The van der Waals surface area contributed by atoms with Crippen molar-refractivity contribution in [2.24, 2.45) is 5.41 Å². The third kappa shape index (κ3) is 6.48. The van der Waals surface area contributed by atoms with Crippen LogP contribution in [0.5, 0.6) is 5.75 Å². The van der Waals surface area contributed by atoms with E-state index >= 15 is 0 Å². The normalized spacial score (nSPS) is 21.4. The van der Waals surface area contributed by atoms with E-state index in [9.17, 15) is 13.2 Å². The zero-order valence-electron chi connectivity index (χ0n) is 20.3. The molecule has 10 heteroatoms. The molecule has 2 aromatic carbocycles. The summed E-state index contributed by atoms with van der Waals surface area (Å²) < 4.78 is 34.8. The number of carbonyl (C=O) groups is 1. The van der Waals surface area contributed by atoms with E-state index in [1.54, 1.807) is 12.1 Å². The fourth-order valence-corrected chi connectivity index (χ4v) is 7.46. The van der Waals surface area contributed by atoms with E-state index in [4.69, 9.17) is 39.5 Å². The van der Waals surface area contributed by atoms with Crippen LogP contribution in [0.2, 0.25) is 15.1 Å². The zero-order valence-corrected chi connectivity index (χ0v) is 23.4. The Labute approximate surface area is 228 Å². The smallest absolute Gasteiger partial charge is 0.243 e. The van der Waals surface area contributed by atoms with Crippen molar-refractivity contribution in [3.8, 4) is 5.75 Å². The molecule has 0 radical (unpaired) electrons. The molecular weight excluding hydrogens is 543 g/mol. The Balaban J connectivity index is 1.60. The molecule has 6 nitrogen and oxygen atoms in total. The molecule has 0 aliphatic carbocycles. The predicted molar refractivity (Wildman–Crippen MR) is 144 cm³/mol. The Kier molecular flexibility index (Phi) is 8.78. The van der Waals surface area contributed by atoms with E-state index < -0.39 is 15.4 Å². The largest absolute Gasteiger partial charge is 0.493 e. The minimum atomic E-state index is -3.87. The van der Waals surface area contributed by atoms with Gasteiger partial charge >= 0.3 is 0 Å². The summed E-state index contributed by atoms with van der Waals surface area (Å²) in [7, 11) is -3.87. The lowest BCUT2D eigenvalue weighted by atomic mass is 9.78. The highest BCUT2D eigenvalue weighted by Crippen LogP contribution is 2.38. The molecular formula is C26H31Cl3N2O4S. The molecule has 0 saturated carbocycles. The van der Waals surface area contributed by atoms with Gasteiger partial charge in [-0.15, -0.1) is 0 Å². The molecule has 1 amide bonds. The third-order valence-electron chi connectivity index (χ3n) is 7.01. The van der Waals surface area contributed by atoms with E-state index in [2.05, 4.69) is 0 Å². The number of halogens is 3. The molecule has 36 heavy (non-hydrogen) atoms. The first kappa shape index (κ1) is 27.5. The minimum absolute atomic E-state index is 0.0485. The maximum absolute atomic E-state index is 13.6. The summed E-state index contributed by atoms with van der Waals surface area (Å²) >= 11 is 18.4. The number of amides is 1. The third-order valence-corrected chi connectivity index (χ3v) is 9.69. The van der Waals surface area contributed by atoms with Crippen LogP contribution in [-0.4, -0.2) is 56.3 Å².